The summed E-state index contributed by atoms with van der Waals surface area (Å²) >= 11 is 1.69. The van der Waals surface area contributed by atoms with Gasteiger partial charge in [0.25, 0.3) is 0 Å². The molecule has 0 radical (unpaired) electrons. The van der Waals surface area contributed by atoms with Crippen molar-refractivity contribution in [2.24, 2.45) is 0 Å². The van der Waals surface area contributed by atoms with Crippen molar-refractivity contribution in [1.29, 1.82) is 0 Å². The zero-order valence-electron chi connectivity index (χ0n) is 13.5. The van der Waals surface area contributed by atoms with Gasteiger partial charge in [-0.15, -0.1) is 11.8 Å². The average molecular weight is 306 g/mol. The molecule has 0 bridgehead atoms. The maximum Gasteiger partial charge on any atom is 0.230 e. The predicted octanol–water partition coefficient (Wildman–Crippen LogP) is 3.09. The number of benzene rings is 1. The van der Waals surface area contributed by atoms with Gasteiger partial charge in [0, 0.05) is 29.6 Å². The largest absolute Gasteiger partial charge is 0.366 e. The number of anilines is 1. The molecule has 1 aliphatic rings. The summed E-state index contributed by atoms with van der Waals surface area (Å²) in [6, 6.07) is 8.88. The second-order valence-corrected chi connectivity index (χ2v) is 8.43. The minimum Gasteiger partial charge on any atom is -0.366 e. The highest BCUT2D eigenvalue weighted by molar-refractivity contribution is 8.01. The van der Waals surface area contributed by atoms with E-state index in [1.165, 1.54) is 11.3 Å². The lowest BCUT2D eigenvalue weighted by atomic mass is 10.2. The number of nitrogens with one attached hydrogen (secondary N) is 1. The van der Waals surface area contributed by atoms with Crippen LogP contribution >= 0.6 is 11.8 Å². The molecule has 0 saturated heterocycles. The van der Waals surface area contributed by atoms with Gasteiger partial charge >= 0.3 is 0 Å². The normalized spacial score (nSPS) is 15.7. The van der Waals surface area contributed by atoms with Crippen LogP contribution in [0.3, 0.4) is 0 Å². The Morgan fingerprint density at radius 3 is 2.81 bits per heavy atom. The fourth-order valence-corrected chi connectivity index (χ4v) is 3.19. The summed E-state index contributed by atoms with van der Waals surface area (Å²) in [6.07, 6.45) is 1.11. The third-order valence-electron chi connectivity index (χ3n) is 3.69. The van der Waals surface area contributed by atoms with Gasteiger partial charge in [0.1, 0.15) is 0 Å². The summed E-state index contributed by atoms with van der Waals surface area (Å²) in [5.74, 6) is 0.668. The summed E-state index contributed by atoms with van der Waals surface area (Å²) in [5.41, 5.74) is 2.74. The van der Waals surface area contributed by atoms with Crippen LogP contribution in [-0.2, 0) is 11.2 Å². The molecule has 0 fully saturated rings. The Morgan fingerprint density at radius 2 is 2.10 bits per heavy atom. The topological polar surface area (TPSA) is 32.3 Å². The maximum absolute atomic E-state index is 11.9. The summed E-state index contributed by atoms with van der Waals surface area (Å²) in [7, 11) is 0. The quantitative estimate of drug-likeness (QED) is 0.907. The molecular weight excluding hydrogens is 280 g/mol. The molecule has 0 aromatic heterocycles. The van der Waals surface area contributed by atoms with E-state index in [4.69, 9.17) is 0 Å². The Balaban J connectivity index is 1.81. The van der Waals surface area contributed by atoms with Crippen molar-refractivity contribution in [1.82, 2.24) is 5.32 Å². The van der Waals surface area contributed by atoms with Gasteiger partial charge in [-0.2, -0.15) is 0 Å². The summed E-state index contributed by atoms with van der Waals surface area (Å²) in [6.45, 7) is 10.3. The highest BCUT2D eigenvalue weighted by Gasteiger charge is 2.23. The summed E-state index contributed by atoms with van der Waals surface area (Å²) in [4.78, 5) is 14.3. The van der Waals surface area contributed by atoms with Crippen molar-refractivity contribution >= 4 is 23.4 Å². The first kappa shape index (κ1) is 16.2. The molecule has 2 rings (SSSR count). The van der Waals surface area contributed by atoms with E-state index in [-0.39, 0.29) is 10.7 Å². The molecule has 1 atom stereocenters. The van der Waals surface area contributed by atoms with Crippen LogP contribution in [0.4, 0.5) is 5.69 Å². The molecule has 1 amide bonds. The number of carbonyl (C=O) groups is 1. The molecule has 1 aromatic carbocycles. The van der Waals surface area contributed by atoms with Crippen LogP contribution in [0.5, 0.6) is 0 Å². The number of hydrogen-bond donors (Lipinski definition) is 1. The van der Waals surface area contributed by atoms with Crippen LogP contribution < -0.4 is 10.2 Å². The maximum atomic E-state index is 11.9. The molecule has 0 unspecified atom stereocenters. The van der Waals surface area contributed by atoms with E-state index in [1.54, 1.807) is 11.8 Å². The van der Waals surface area contributed by atoms with Gasteiger partial charge in [-0.1, -0.05) is 39.0 Å². The number of para-hydroxylation sites is 1. The first-order valence-electron chi connectivity index (χ1n) is 7.62. The number of carbonyl (C=O) groups excluding carboxylic acids is 1. The Bertz CT molecular complexity index is 496. The van der Waals surface area contributed by atoms with Crippen LogP contribution in [0, 0.1) is 0 Å². The molecule has 0 spiro atoms. The highest BCUT2D eigenvalue weighted by atomic mass is 32.2. The van der Waals surface area contributed by atoms with Crippen LogP contribution in [-0.4, -0.2) is 35.5 Å². The van der Waals surface area contributed by atoms with Crippen molar-refractivity contribution in [3.63, 3.8) is 0 Å². The number of amides is 1. The first-order chi connectivity index (χ1) is 9.87. The number of thioether (sulfide) groups is 1. The smallest absolute Gasteiger partial charge is 0.230 e. The number of hydrogen-bond acceptors (Lipinski definition) is 3. The van der Waals surface area contributed by atoms with Gasteiger partial charge in [-0.25, -0.2) is 0 Å². The van der Waals surface area contributed by atoms with Crippen LogP contribution in [0.2, 0.25) is 0 Å². The predicted molar refractivity (Wildman–Crippen MR) is 92.2 cm³/mol. The molecule has 1 aliphatic heterocycles. The van der Waals surface area contributed by atoms with Crippen LogP contribution in [0.15, 0.2) is 24.3 Å². The van der Waals surface area contributed by atoms with E-state index in [0.717, 1.165) is 13.0 Å². The molecule has 1 N–H and O–H groups in total. The molecule has 0 saturated carbocycles. The molecule has 21 heavy (non-hydrogen) atoms. The van der Waals surface area contributed by atoms with Gasteiger partial charge < -0.3 is 10.2 Å². The van der Waals surface area contributed by atoms with Crippen LogP contribution in [0.1, 0.15) is 33.3 Å². The van der Waals surface area contributed by atoms with Gasteiger partial charge in [0.15, 0.2) is 0 Å². The second-order valence-electron chi connectivity index (χ2n) is 6.63. The van der Waals surface area contributed by atoms with E-state index < -0.39 is 0 Å². The highest BCUT2D eigenvalue weighted by Crippen LogP contribution is 2.29. The number of nitrogens with zero attached hydrogens (tertiary/aromatic N) is 1. The zero-order chi connectivity index (χ0) is 15.5. The lowest BCUT2D eigenvalue weighted by molar-refractivity contribution is -0.118. The van der Waals surface area contributed by atoms with E-state index in [1.807, 2.05) is 0 Å². The van der Waals surface area contributed by atoms with E-state index in [2.05, 4.69) is 62.2 Å². The fraction of sp³-hybridized carbons (Fsp3) is 0.588. The van der Waals surface area contributed by atoms with Gasteiger partial charge in [0.2, 0.25) is 5.91 Å². The number of rotatable bonds is 5. The van der Waals surface area contributed by atoms with E-state index in [9.17, 15) is 4.79 Å². The summed E-state index contributed by atoms with van der Waals surface area (Å²) < 4.78 is 0.136. The molecule has 3 nitrogen and oxygen atoms in total. The van der Waals surface area contributed by atoms with Crippen molar-refractivity contribution < 1.29 is 4.79 Å². The average Bonchev–Trinajstić information content (AvgIpc) is 2.85. The second kappa shape index (κ2) is 6.73. The number of fused-ring (bicyclic) bond motifs is 1. The molecule has 0 aliphatic carbocycles. The Hall–Kier alpha value is -1.16. The van der Waals surface area contributed by atoms with Gasteiger partial charge in [-0.05, 0) is 25.0 Å². The zero-order valence-corrected chi connectivity index (χ0v) is 14.3. The third-order valence-corrected chi connectivity index (χ3v) is 4.96. The van der Waals surface area contributed by atoms with Crippen LogP contribution in [0.25, 0.3) is 0 Å². The van der Waals surface area contributed by atoms with Crippen molar-refractivity contribution in [2.75, 3.05) is 23.7 Å². The van der Waals surface area contributed by atoms with Crippen molar-refractivity contribution in [3.8, 4) is 0 Å². The Labute approximate surface area is 132 Å². The standard InChI is InChI=1S/C17H26N2OS/c1-13(11-18-16(20)12-21-17(2,3)4)19-10-9-14-7-5-6-8-15(14)19/h5-8,13H,9-12H2,1-4H3,(H,18,20)/t13-/m0/s1. The first-order valence-corrected chi connectivity index (χ1v) is 8.60. The minimum absolute atomic E-state index is 0.134. The molecular formula is C17H26N2OS. The summed E-state index contributed by atoms with van der Waals surface area (Å²) in [5, 5.41) is 3.06. The van der Waals surface area contributed by atoms with E-state index >= 15 is 0 Å². The third kappa shape index (κ3) is 4.67. The monoisotopic (exact) mass is 306 g/mol. The van der Waals surface area contributed by atoms with E-state index in [0.29, 0.717) is 18.3 Å². The Kier molecular flexibility index (Phi) is 5.20. The molecule has 116 valence electrons. The van der Waals surface area contributed by atoms with Gasteiger partial charge in [-0.3, -0.25) is 4.79 Å². The fourth-order valence-electron chi connectivity index (χ4n) is 2.53. The molecule has 1 aromatic rings. The molecule has 1 heterocycles. The van der Waals surface area contributed by atoms with Crippen molar-refractivity contribution in [2.45, 2.75) is 44.9 Å². The minimum atomic E-state index is 0.134. The van der Waals surface area contributed by atoms with Gasteiger partial charge in [0.05, 0.1) is 5.75 Å². The lowest BCUT2D eigenvalue weighted by Gasteiger charge is -2.27. The SMILES string of the molecule is C[C@@H](CNC(=O)CSC(C)(C)C)N1CCc2ccccc21. The Morgan fingerprint density at radius 1 is 1.38 bits per heavy atom. The lowest BCUT2D eigenvalue weighted by Crippen LogP contribution is -2.42. The molecule has 4 heteroatoms. The van der Waals surface area contributed by atoms with Crippen molar-refractivity contribution in [3.05, 3.63) is 29.8 Å².